The first-order chi connectivity index (χ1) is 12.2. The summed E-state index contributed by atoms with van der Waals surface area (Å²) in [5, 5.41) is 0. The largest absolute Gasteiger partial charge is 0.452 e. The zero-order valence-electron chi connectivity index (χ0n) is 13.8. The average Bonchev–Trinajstić information content (AvgIpc) is 2.67. The van der Waals surface area contributed by atoms with Gasteiger partial charge in [-0.05, 0) is 37.3 Å². The van der Waals surface area contributed by atoms with Gasteiger partial charge in [-0.2, -0.15) is 0 Å². The van der Waals surface area contributed by atoms with Crippen LogP contribution in [0.1, 0.15) is 17.3 Å². The summed E-state index contributed by atoms with van der Waals surface area (Å²) in [5.41, 5.74) is 2.40. The number of para-hydroxylation sites is 1. The number of ether oxygens (including phenoxy) is 1. The molecule has 25 heavy (non-hydrogen) atoms. The van der Waals surface area contributed by atoms with Crippen LogP contribution in [0.15, 0.2) is 60.9 Å². The van der Waals surface area contributed by atoms with Crippen molar-refractivity contribution in [1.29, 1.82) is 0 Å². The molecule has 6 heteroatoms. The second-order valence-corrected chi connectivity index (χ2v) is 5.31. The second kappa shape index (κ2) is 7.53. The molecule has 0 saturated carbocycles. The number of hydrogen-bond acceptors (Lipinski definition) is 5. The summed E-state index contributed by atoms with van der Waals surface area (Å²) < 4.78 is 5.16. The molecule has 2 aromatic carbocycles. The maximum atomic E-state index is 12.3. The minimum Gasteiger partial charge on any atom is -0.452 e. The molecule has 0 aliphatic heterocycles. The normalized spacial score (nSPS) is 10.4. The molecule has 0 atom stereocenters. The monoisotopic (exact) mass is 335 g/mol. The van der Waals surface area contributed by atoms with Crippen molar-refractivity contribution in [2.75, 3.05) is 18.1 Å². The molecule has 0 saturated heterocycles. The number of fused-ring (bicyclic) bond motifs is 1. The number of likely N-dealkylation sites (N-methyl/N-ethyl adjacent to an activating group) is 1. The van der Waals surface area contributed by atoms with Crippen LogP contribution in [-0.2, 0) is 9.53 Å². The summed E-state index contributed by atoms with van der Waals surface area (Å²) in [6.45, 7) is 2.04. The second-order valence-electron chi connectivity index (χ2n) is 5.31. The van der Waals surface area contributed by atoms with E-state index >= 15 is 0 Å². The quantitative estimate of drug-likeness (QED) is 0.670. The van der Waals surface area contributed by atoms with Crippen LogP contribution in [0.2, 0.25) is 0 Å². The number of esters is 1. The lowest BCUT2D eigenvalue weighted by molar-refractivity contribution is -0.121. The summed E-state index contributed by atoms with van der Waals surface area (Å²) in [7, 11) is 0. The van der Waals surface area contributed by atoms with Crippen molar-refractivity contribution in [2.24, 2.45) is 0 Å². The molecule has 3 aromatic rings. The van der Waals surface area contributed by atoms with Gasteiger partial charge in [0.05, 0.1) is 16.6 Å². The SMILES string of the molecule is CCN(C(=O)COC(=O)c1ccc2nccnc2c1)c1ccccc1. The minimum atomic E-state index is -0.565. The number of rotatable bonds is 5. The van der Waals surface area contributed by atoms with Crippen LogP contribution in [-0.4, -0.2) is 35.0 Å². The van der Waals surface area contributed by atoms with Gasteiger partial charge < -0.3 is 9.64 Å². The maximum Gasteiger partial charge on any atom is 0.338 e. The van der Waals surface area contributed by atoms with Gasteiger partial charge >= 0.3 is 5.97 Å². The molecule has 0 unspecified atom stereocenters. The van der Waals surface area contributed by atoms with Gasteiger partial charge in [-0.1, -0.05) is 18.2 Å². The van der Waals surface area contributed by atoms with E-state index in [4.69, 9.17) is 4.74 Å². The van der Waals surface area contributed by atoms with Gasteiger partial charge in [0.25, 0.3) is 5.91 Å². The Morgan fingerprint density at radius 3 is 2.44 bits per heavy atom. The molecular weight excluding hydrogens is 318 g/mol. The Morgan fingerprint density at radius 2 is 1.72 bits per heavy atom. The van der Waals surface area contributed by atoms with Gasteiger partial charge in [-0.15, -0.1) is 0 Å². The zero-order chi connectivity index (χ0) is 17.6. The van der Waals surface area contributed by atoms with Crippen LogP contribution in [0, 0.1) is 0 Å². The lowest BCUT2D eigenvalue weighted by atomic mass is 10.2. The molecule has 0 N–H and O–H groups in total. The number of nitrogens with zero attached hydrogens (tertiary/aromatic N) is 3. The number of aromatic nitrogens is 2. The average molecular weight is 335 g/mol. The van der Waals surface area contributed by atoms with Crippen molar-refractivity contribution in [3.8, 4) is 0 Å². The Hall–Kier alpha value is -3.28. The summed E-state index contributed by atoms with van der Waals surface area (Å²) >= 11 is 0. The third-order valence-corrected chi connectivity index (χ3v) is 3.72. The fourth-order valence-electron chi connectivity index (χ4n) is 2.49. The van der Waals surface area contributed by atoms with Crippen LogP contribution < -0.4 is 4.90 Å². The lowest BCUT2D eigenvalue weighted by Gasteiger charge is -2.20. The fraction of sp³-hybridized carbons (Fsp3) is 0.158. The van der Waals surface area contributed by atoms with E-state index in [1.165, 1.54) is 0 Å². The molecule has 1 heterocycles. The van der Waals surface area contributed by atoms with Crippen molar-refractivity contribution in [3.05, 3.63) is 66.5 Å². The smallest absolute Gasteiger partial charge is 0.338 e. The topological polar surface area (TPSA) is 72.4 Å². The number of benzene rings is 2. The van der Waals surface area contributed by atoms with E-state index in [1.54, 1.807) is 35.5 Å². The number of carbonyl (C=O) groups is 2. The highest BCUT2D eigenvalue weighted by Crippen LogP contribution is 2.14. The van der Waals surface area contributed by atoms with Gasteiger partial charge in [0, 0.05) is 24.6 Å². The Balaban J connectivity index is 1.67. The van der Waals surface area contributed by atoms with E-state index in [2.05, 4.69) is 9.97 Å². The molecule has 1 amide bonds. The maximum absolute atomic E-state index is 12.3. The molecular formula is C19H17N3O3. The van der Waals surface area contributed by atoms with E-state index in [1.807, 2.05) is 37.3 Å². The predicted octanol–water partition coefficient (Wildman–Crippen LogP) is 2.84. The van der Waals surface area contributed by atoms with Crippen molar-refractivity contribution in [1.82, 2.24) is 9.97 Å². The molecule has 0 spiro atoms. The predicted molar refractivity (Wildman–Crippen MR) is 94.3 cm³/mol. The van der Waals surface area contributed by atoms with Crippen molar-refractivity contribution in [3.63, 3.8) is 0 Å². The molecule has 0 bridgehead atoms. The number of hydrogen-bond donors (Lipinski definition) is 0. The van der Waals surface area contributed by atoms with Gasteiger partial charge in [-0.25, -0.2) is 4.79 Å². The molecule has 3 rings (SSSR count). The van der Waals surface area contributed by atoms with Gasteiger partial charge in [-0.3, -0.25) is 14.8 Å². The minimum absolute atomic E-state index is 0.275. The first kappa shape index (κ1) is 16.6. The number of amides is 1. The zero-order valence-corrected chi connectivity index (χ0v) is 13.8. The first-order valence-electron chi connectivity index (χ1n) is 7.92. The van der Waals surface area contributed by atoms with Crippen molar-refractivity contribution >= 4 is 28.6 Å². The molecule has 0 fully saturated rings. The van der Waals surface area contributed by atoms with Crippen molar-refractivity contribution < 1.29 is 14.3 Å². The third kappa shape index (κ3) is 3.80. The van der Waals surface area contributed by atoms with Crippen LogP contribution in [0.25, 0.3) is 11.0 Å². The standard InChI is InChI=1S/C19H17N3O3/c1-2-22(15-6-4-3-5-7-15)18(23)13-25-19(24)14-8-9-16-17(12-14)21-11-10-20-16/h3-12H,2,13H2,1H3. The molecule has 0 aliphatic carbocycles. The number of carbonyl (C=O) groups excluding carboxylic acids is 2. The van der Waals surface area contributed by atoms with E-state index in [9.17, 15) is 9.59 Å². The van der Waals surface area contributed by atoms with E-state index in [0.717, 1.165) is 5.69 Å². The third-order valence-electron chi connectivity index (χ3n) is 3.72. The summed E-state index contributed by atoms with van der Waals surface area (Å²) in [6.07, 6.45) is 3.14. The van der Waals surface area contributed by atoms with Crippen molar-refractivity contribution in [2.45, 2.75) is 6.92 Å². The van der Waals surface area contributed by atoms with Gasteiger partial charge in [0.1, 0.15) is 0 Å². The summed E-state index contributed by atoms with van der Waals surface area (Å²) in [4.78, 5) is 34.4. The first-order valence-corrected chi connectivity index (χ1v) is 7.92. The van der Waals surface area contributed by atoms with Crippen LogP contribution >= 0.6 is 0 Å². The lowest BCUT2D eigenvalue weighted by Crippen LogP contribution is -2.34. The van der Waals surface area contributed by atoms with Crippen LogP contribution in [0.4, 0.5) is 5.69 Å². The molecule has 0 aliphatic rings. The number of anilines is 1. The highest BCUT2D eigenvalue weighted by atomic mass is 16.5. The Morgan fingerprint density at radius 1 is 1.00 bits per heavy atom. The molecule has 1 aromatic heterocycles. The van der Waals surface area contributed by atoms with Crippen LogP contribution in [0.5, 0.6) is 0 Å². The summed E-state index contributed by atoms with van der Waals surface area (Å²) in [5.74, 6) is -0.840. The molecule has 0 radical (unpaired) electrons. The van der Waals surface area contributed by atoms with E-state index < -0.39 is 5.97 Å². The van der Waals surface area contributed by atoms with Gasteiger partial charge in [0.15, 0.2) is 6.61 Å². The Kier molecular flexibility index (Phi) is 4.99. The van der Waals surface area contributed by atoms with E-state index in [-0.39, 0.29) is 12.5 Å². The molecule has 6 nitrogen and oxygen atoms in total. The van der Waals surface area contributed by atoms with Gasteiger partial charge in [0.2, 0.25) is 0 Å². The summed E-state index contributed by atoms with van der Waals surface area (Å²) in [6, 6.07) is 14.2. The Labute approximate surface area is 145 Å². The highest BCUT2D eigenvalue weighted by molar-refractivity contribution is 5.98. The highest BCUT2D eigenvalue weighted by Gasteiger charge is 2.17. The fourth-order valence-corrected chi connectivity index (χ4v) is 2.49. The van der Waals surface area contributed by atoms with Crippen LogP contribution in [0.3, 0.4) is 0 Å². The Bertz CT molecular complexity index is 897. The molecule has 126 valence electrons. The van der Waals surface area contributed by atoms with E-state index in [0.29, 0.717) is 23.1 Å².